The maximum absolute atomic E-state index is 13.3. The van der Waals surface area contributed by atoms with Gasteiger partial charge in [-0.3, -0.25) is 14.7 Å². The first-order valence-electron chi connectivity index (χ1n) is 9.65. The number of hydrazone groups is 1. The van der Waals surface area contributed by atoms with Gasteiger partial charge in [0.05, 0.1) is 16.8 Å². The molecule has 7 heteroatoms. The molecule has 0 aliphatic carbocycles. The van der Waals surface area contributed by atoms with Crippen LogP contribution in [0.15, 0.2) is 94.8 Å². The molecule has 7 nitrogen and oxygen atoms in total. The van der Waals surface area contributed by atoms with Crippen LogP contribution in [-0.4, -0.2) is 26.5 Å². The number of H-pyrrole nitrogens is 1. The average molecular weight is 412 g/mol. The second kappa shape index (κ2) is 8.54. The predicted molar refractivity (Wildman–Crippen MR) is 119 cm³/mol. The van der Waals surface area contributed by atoms with E-state index in [9.17, 15) is 14.7 Å². The number of carbonyl (C=O) groups is 1. The lowest BCUT2D eigenvalue weighted by Gasteiger charge is -2.07. The van der Waals surface area contributed by atoms with E-state index in [0.717, 1.165) is 0 Å². The molecule has 31 heavy (non-hydrogen) atoms. The number of rotatable bonds is 5. The van der Waals surface area contributed by atoms with Crippen molar-refractivity contribution < 1.29 is 9.90 Å². The third kappa shape index (κ3) is 4.02. The molecule has 0 radical (unpaired) electrons. The Morgan fingerprint density at radius 2 is 1.55 bits per heavy atom. The largest absolute Gasteiger partial charge is 0.507 e. The Morgan fingerprint density at radius 3 is 2.23 bits per heavy atom. The second-order valence-electron chi connectivity index (χ2n) is 6.87. The standard InChI is InChI=1S/C24H20N4O3/c1-16-21(24(31)28(27-16)18-12-6-3-7-13-18)22(17-10-4-2-5-11-17)25-26-23(30)19-14-8-9-15-20(19)29/h2-15,27,29H,1H3,(H,26,30)/b25-22+. The minimum absolute atomic E-state index is 0.0890. The average Bonchev–Trinajstić information content (AvgIpc) is 3.09. The van der Waals surface area contributed by atoms with Crippen LogP contribution in [0.5, 0.6) is 5.75 Å². The lowest BCUT2D eigenvalue weighted by molar-refractivity contribution is 0.0952. The molecule has 0 atom stereocenters. The van der Waals surface area contributed by atoms with E-state index in [1.54, 1.807) is 19.1 Å². The van der Waals surface area contributed by atoms with Gasteiger partial charge in [-0.2, -0.15) is 5.10 Å². The number of nitrogens with one attached hydrogen (secondary N) is 2. The molecule has 0 aliphatic rings. The zero-order valence-corrected chi connectivity index (χ0v) is 16.7. The van der Waals surface area contributed by atoms with E-state index in [-0.39, 0.29) is 16.9 Å². The fourth-order valence-corrected chi connectivity index (χ4v) is 3.28. The van der Waals surface area contributed by atoms with Gasteiger partial charge in [0.2, 0.25) is 0 Å². The lowest BCUT2D eigenvalue weighted by Crippen LogP contribution is -2.25. The monoisotopic (exact) mass is 412 g/mol. The normalized spacial score (nSPS) is 11.3. The van der Waals surface area contributed by atoms with Gasteiger partial charge in [-0.15, -0.1) is 0 Å². The summed E-state index contributed by atoms with van der Waals surface area (Å²) < 4.78 is 1.44. The topological polar surface area (TPSA) is 99.5 Å². The Bertz CT molecular complexity index is 1310. The van der Waals surface area contributed by atoms with E-state index in [2.05, 4.69) is 15.6 Å². The van der Waals surface area contributed by atoms with Crippen LogP contribution in [0.2, 0.25) is 0 Å². The number of aromatic amines is 1. The van der Waals surface area contributed by atoms with Crippen molar-refractivity contribution in [2.24, 2.45) is 5.10 Å². The molecular weight excluding hydrogens is 392 g/mol. The number of phenols is 1. The first-order valence-corrected chi connectivity index (χ1v) is 9.65. The Labute approximate surface area is 178 Å². The molecule has 0 fully saturated rings. The molecule has 0 saturated heterocycles. The molecule has 3 N–H and O–H groups in total. The third-order valence-corrected chi connectivity index (χ3v) is 4.79. The summed E-state index contributed by atoms with van der Waals surface area (Å²) in [5.41, 5.74) is 4.88. The number of hydrogen-bond acceptors (Lipinski definition) is 4. The van der Waals surface area contributed by atoms with Crippen molar-refractivity contribution in [3.8, 4) is 11.4 Å². The minimum Gasteiger partial charge on any atom is -0.507 e. The Hall–Kier alpha value is -4.39. The van der Waals surface area contributed by atoms with Gasteiger partial charge in [-0.25, -0.2) is 10.1 Å². The molecule has 4 aromatic rings. The molecule has 0 saturated carbocycles. The summed E-state index contributed by atoms with van der Waals surface area (Å²) in [4.78, 5) is 25.8. The van der Waals surface area contributed by atoms with E-state index in [1.807, 2.05) is 60.7 Å². The van der Waals surface area contributed by atoms with Gasteiger partial charge in [-0.05, 0) is 31.2 Å². The van der Waals surface area contributed by atoms with Crippen LogP contribution >= 0.6 is 0 Å². The van der Waals surface area contributed by atoms with E-state index in [1.165, 1.54) is 16.8 Å². The number of hydrogen-bond donors (Lipinski definition) is 3. The number of aromatic hydroxyl groups is 1. The molecule has 0 bridgehead atoms. The van der Waals surface area contributed by atoms with Crippen molar-refractivity contribution >= 4 is 11.6 Å². The van der Waals surface area contributed by atoms with Crippen LogP contribution in [0, 0.1) is 6.92 Å². The Balaban J connectivity index is 1.80. The van der Waals surface area contributed by atoms with Gasteiger partial charge in [0.15, 0.2) is 0 Å². The van der Waals surface area contributed by atoms with Gasteiger partial charge < -0.3 is 5.11 Å². The first-order chi connectivity index (χ1) is 15.1. The molecule has 4 rings (SSSR count). The fraction of sp³-hybridized carbons (Fsp3) is 0.0417. The highest BCUT2D eigenvalue weighted by atomic mass is 16.3. The van der Waals surface area contributed by atoms with Gasteiger partial charge >= 0.3 is 0 Å². The maximum Gasteiger partial charge on any atom is 0.281 e. The van der Waals surface area contributed by atoms with Crippen molar-refractivity contribution in [1.82, 2.24) is 15.2 Å². The fourth-order valence-electron chi connectivity index (χ4n) is 3.28. The Kier molecular flexibility index (Phi) is 5.49. The van der Waals surface area contributed by atoms with Crippen molar-refractivity contribution in [1.29, 1.82) is 0 Å². The van der Waals surface area contributed by atoms with Crippen molar-refractivity contribution in [2.45, 2.75) is 6.92 Å². The van der Waals surface area contributed by atoms with E-state index < -0.39 is 5.91 Å². The molecule has 1 heterocycles. The van der Waals surface area contributed by atoms with Crippen LogP contribution in [0.1, 0.15) is 27.2 Å². The summed E-state index contributed by atoms with van der Waals surface area (Å²) in [6, 6.07) is 24.5. The number of aromatic nitrogens is 2. The lowest BCUT2D eigenvalue weighted by atomic mass is 10.0. The number of carbonyl (C=O) groups excluding carboxylic acids is 1. The van der Waals surface area contributed by atoms with Crippen molar-refractivity contribution in [3.63, 3.8) is 0 Å². The van der Waals surface area contributed by atoms with Crippen molar-refractivity contribution in [2.75, 3.05) is 0 Å². The van der Waals surface area contributed by atoms with Crippen LogP contribution in [0.3, 0.4) is 0 Å². The zero-order chi connectivity index (χ0) is 21.8. The summed E-state index contributed by atoms with van der Waals surface area (Å²) in [6.45, 7) is 1.78. The Morgan fingerprint density at radius 1 is 0.935 bits per heavy atom. The van der Waals surface area contributed by atoms with E-state index in [4.69, 9.17) is 0 Å². The highest BCUT2D eigenvalue weighted by Crippen LogP contribution is 2.16. The summed E-state index contributed by atoms with van der Waals surface area (Å²) in [7, 11) is 0. The predicted octanol–water partition coefficient (Wildman–Crippen LogP) is 3.36. The summed E-state index contributed by atoms with van der Waals surface area (Å²) in [6.07, 6.45) is 0. The smallest absolute Gasteiger partial charge is 0.281 e. The highest BCUT2D eigenvalue weighted by molar-refractivity contribution is 6.14. The molecule has 0 aliphatic heterocycles. The quantitative estimate of drug-likeness (QED) is 0.346. The van der Waals surface area contributed by atoms with Crippen LogP contribution in [-0.2, 0) is 0 Å². The summed E-state index contributed by atoms with van der Waals surface area (Å²) in [5.74, 6) is -0.733. The van der Waals surface area contributed by atoms with Gasteiger partial charge in [0.1, 0.15) is 11.5 Å². The van der Waals surface area contributed by atoms with Gasteiger partial charge in [0, 0.05) is 11.3 Å². The molecule has 3 aromatic carbocycles. The third-order valence-electron chi connectivity index (χ3n) is 4.79. The molecule has 0 spiro atoms. The molecular formula is C24H20N4O3. The van der Waals surface area contributed by atoms with Crippen LogP contribution in [0.25, 0.3) is 5.69 Å². The SMILES string of the molecule is Cc1[nH]n(-c2ccccc2)c(=O)c1/C(=N/NC(=O)c1ccccc1O)c1ccccc1. The number of nitrogens with zero attached hydrogens (tertiary/aromatic N) is 2. The maximum atomic E-state index is 13.3. The minimum atomic E-state index is -0.580. The summed E-state index contributed by atoms with van der Waals surface area (Å²) >= 11 is 0. The van der Waals surface area contributed by atoms with Crippen LogP contribution < -0.4 is 11.0 Å². The highest BCUT2D eigenvalue weighted by Gasteiger charge is 2.20. The van der Waals surface area contributed by atoms with Crippen LogP contribution in [0.4, 0.5) is 0 Å². The first kappa shape index (κ1) is 19.9. The number of benzene rings is 3. The van der Waals surface area contributed by atoms with E-state index in [0.29, 0.717) is 28.2 Å². The number of para-hydroxylation sites is 2. The number of amides is 1. The summed E-state index contributed by atoms with van der Waals surface area (Å²) in [5, 5.41) is 17.3. The molecule has 154 valence electrons. The number of phenolic OH excluding ortho intramolecular Hbond substituents is 1. The van der Waals surface area contributed by atoms with Gasteiger partial charge in [0.25, 0.3) is 11.5 Å². The molecule has 1 amide bonds. The van der Waals surface area contributed by atoms with E-state index >= 15 is 0 Å². The molecule has 1 aromatic heterocycles. The van der Waals surface area contributed by atoms with Crippen molar-refractivity contribution in [3.05, 3.63) is 118 Å². The molecule has 0 unspecified atom stereocenters. The number of aryl methyl sites for hydroxylation is 1. The van der Waals surface area contributed by atoms with Gasteiger partial charge in [-0.1, -0.05) is 60.7 Å². The second-order valence-corrected chi connectivity index (χ2v) is 6.87. The zero-order valence-electron chi connectivity index (χ0n) is 16.7.